The Kier molecular flexibility index (Phi) is 5.47. The molecule has 142 valence electrons. The van der Waals surface area contributed by atoms with E-state index in [1.165, 1.54) is 0 Å². The van der Waals surface area contributed by atoms with Gasteiger partial charge in [-0.3, -0.25) is 4.55 Å². The molecule has 0 spiro atoms. The zero-order valence-electron chi connectivity index (χ0n) is 14.3. The van der Waals surface area contributed by atoms with Crippen LogP contribution in [0.25, 0.3) is 0 Å². The van der Waals surface area contributed by atoms with Crippen molar-refractivity contribution in [2.24, 2.45) is 0 Å². The predicted molar refractivity (Wildman–Crippen MR) is 90.1 cm³/mol. The minimum atomic E-state index is -5.48. The first kappa shape index (κ1) is 20.7. The molecule has 0 atom stereocenters. The van der Waals surface area contributed by atoms with Crippen molar-refractivity contribution in [3.8, 4) is 0 Å². The topological polar surface area (TPSA) is 54.4 Å². The van der Waals surface area contributed by atoms with Crippen LogP contribution >= 0.6 is 11.8 Å². The van der Waals surface area contributed by atoms with Gasteiger partial charge in [0.05, 0.1) is 4.90 Å². The molecule has 3 nitrogen and oxygen atoms in total. The molecule has 0 heterocycles. The van der Waals surface area contributed by atoms with Gasteiger partial charge in [-0.15, -0.1) is 0 Å². The Morgan fingerprint density at radius 3 is 1.88 bits per heavy atom. The van der Waals surface area contributed by atoms with Gasteiger partial charge in [-0.1, -0.05) is 44.7 Å². The van der Waals surface area contributed by atoms with E-state index in [-0.39, 0.29) is 0 Å². The molecule has 0 aromatic heterocycles. The molecule has 2 rings (SSSR count). The summed E-state index contributed by atoms with van der Waals surface area (Å²) in [7, 11) is -5.48. The lowest BCUT2D eigenvalue weighted by molar-refractivity contribution is 0.384. The maximum absolute atomic E-state index is 14.3. The van der Waals surface area contributed by atoms with Gasteiger partial charge in [-0.25, -0.2) is 17.6 Å². The molecule has 0 amide bonds. The zero-order valence-corrected chi connectivity index (χ0v) is 16.0. The zero-order chi connectivity index (χ0) is 20.0. The second kappa shape index (κ2) is 6.86. The van der Waals surface area contributed by atoms with Crippen molar-refractivity contribution in [1.82, 2.24) is 0 Å². The molecular formula is C17H16F4O3S2. The van der Waals surface area contributed by atoms with Gasteiger partial charge in [-0.2, -0.15) is 8.42 Å². The molecule has 0 unspecified atom stereocenters. The van der Waals surface area contributed by atoms with Gasteiger partial charge >= 0.3 is 10.1 Å². The molecule has 0 fully saturated rings. The Morgan fingerprint density at radius 1 is 0.962 bits per heavy atom. The van der Waals surface area contributed by atoms with Crippen molar-refractivity contribution in [2.45, 2.75) is 47.8 Å². The minimum Gasteiger partial charge on any atom is -0.282 e. The van der Waals surface area contributed by atoms with Gasteiger partial charge in [0.25, 0.3) is 0 Å². The maximum atomic E-state index is 14.3. The second-order valence-corrected chi connectivity index (χ2v) is 9.15. The summed E-state index contributed by atoms with van der Waals surface area (Å²) in [6, 6.07) is 5.14. The van der Waals surface area contributed by atoms with Gasteiger partial charge < -0.3 is 0 Å². The molecule has 0 aliphatic heterocycles. The monoisotopic (exact) mass is 408 g/mol. The predicted octanol–water partition coefficient (Wildman–Crippen LogP) is 5.25. The molecule has 9 heteroatoms. The van der Waals surface area contributed by atoms with Crippen LogP contribution in [0.15, 0.2) is 32.9 Å². The van der Waals surface area contributed by atoms with E-state index in [1.807, 2.05) is 20.8 Å². The smallest absolute Gasteiger partial charge is 0.282 e. The highest BCUT2D eigenvalue weighted by molar-refractivity contribution is 7.99. The largest absolute Gasteiger partial charge is 0.300 e. The number of hydrogen-bond donors (Lipinski definition) is 1. The van der Waals surface area contributed by atoms with Crippen molar-refractivity contribution >= 4 is 21.9 Å². The minimum absolute atomic E-state index is 0.369. The Balaban J connectivity index is 2.73. The van der Waals surface area contributed by atoms with Gasteiger partial charge in [-0.05, 0) is 29.5 Å². The Bertz CT molecular complexity index is 951. The summed E-state index contributed by atoms with van der Waals surface area (Å²) < 4.78 is 87.3. The molecule has 26 heavy (non-hydrogen) atoms. The Morgan fingerprint density at radius 2 is 1.46 bits per heavy atom. The van der Waals surface area contributed by atoms with Crippen LogP contribution in [0, 0.1) is 30.2 Å². The summed E-state index contributed by atoms with van der Waals surface area (Å²) in [5.41, 5.74) is 1.03. The average molecular weight is 408 g/mol. The van der Waals surface area contributed by atoms with Crippen LogP contribution in [0.4, 0.5) is 17.6 Å². The van der Waals surface area contributed by atoms with E-state index in [2.05, 4.69) is 0 Å². The molecule has 2 aromatic carbocycles. The first-order valence-corrected chi connectivity index (χ1v) is 9.63. The number of rotatable bonds is 3. The van der Waals surface area contributed by atoms with E-state index in [4.69, 9.17) is 4.55 Å². The molecule has 0 aliphatic rings. The molecule has 0 aliphatic carbocycles. The molecule has 0 bridgehead atoms. The van der Waals surface area contributed by atoms with Crippen molar-refractivity contribution in [1.29, 1.82) is 0 Å². The van der Waals surface area contributed by atoms with Gasteiger partial charge in [0.15, 0.2) is 28.2 Å². The first-order valence-electron chi connectivity index (χ1n) is 7.37. The highest BCUT2D eigenvalue weighted by atomic mass is 32.2. The fraction of sp³-hybridized carbons (Fsp3) is 0.294. The van der Waals surface area contributed by atoms with E-state index in [0.717, 1.165) is 5.56 Å². The lowest BCUT2D eigenvalue weighted by Gasteiger charge is -2.23. The summed E-state index contributed by atoms with van der Waals surface area (Å²) in [6.45, 7) is 7.32. The van der Waals surface area contributed by atoms with Crippen molar-refractivity contribution < 1.29 is 30.5 Å². The van der Waals surface area contributed by atoms with Crippen molar-refractivity contribution in [3.63, 3.8) is 0 Å². The van der Waals surface area contributed by atoms with Crippen molar-refractivity contribution in [2.75, 3.05) is 0 Å². The van der Waals surface area contributed by atoms with Crippen LogP contribution in [0.1, 0.15) is 31.9 Å². The summed E-state index contributed by atoms with van der Waals surface area (Å²) in [5.74, 6) is -8.11. The second-order valence-electron chi connectivity index (χ2n) is 6.74. The van der Waals surface area contributed by atoms with Crippen LogP contribution in [-0.2, 0) is 15.5 Å². The molecule has 0 saturated carbocycles. The van der Waals surface area contributed by atoms with E-state index < -0.39 is 48.6 Å². The average Bonchev–Trinajstić information content (AvgIpc) is 2.47. The maximum Gasteiger partial charge on any atom is 0.300 e. The number of hydrogen-bond acceptors (Lipinski definition) is 3. The van der Waals surface area contributed by atoms with Crippen LogP contribution in [0.2, 0.25) is 0 Å². The Labute approximate surface area is 153 Å². The summed E-state index contributed by atoms with van der Waals surface area (Å²) in [5, 5.41) is 0. The number of benzene rings is 2. The molecule has 0 saturated heterocycles. The molecule has 2 aromatic rings. The SMILES string of the molecule is Cc1ccc(C(C)(C)C)c(Sc2c(F)c(F)c(S(=O)(=O)O)c(F)c2F)c1. The molecular weight excluding hydrogens is 392 g/mol. The van der Waals surface area contributed by atoms with Crippen LogP contribution in [-0.4, -0.2) is 13.0 Å². The van der Waals surface area contributed by atoms with E-state index in [1.54, 1.807) is 25.1 Å². The lowest BCUT2D eigenvalue weighted by atomic mass is 9.86. The third kappa shape index (κ3) is 3.89. The number of halogens is 4. The van der Waals surface area contributed by atoms with E-state index in [9.17, 15) is 26.0 Å². The van der Waals surface area contributed by atoms with Crippen LogP contribution < -0.4 is 0 Å². The quantitative estimate of drug-likeness (QED) is 0.428. The third-order valence-electron chi connectivity index (χ3n) is 3.60. The van der Waals surface area contributed by atoms with Gasteiger partial charge in [0.2, 0.25) is 0 Å². The molecule has 0 radical (unpaired) electrons. The van der Waals surface area contributed by atoms with E-state index in [0.29, 0.717) is 22.2 Å². The normalized spacial score (nSPS) is 12.5. The first-order chi connectivity index (χ1) is 11.7. The van der Waals surface area contributed by atoms with Crippen LogP contribution in [0.5, 0.6) is 0 Å². The van der Waals surface area contributed by atoms with Crippen LogP contribution in [0.3, 0.4) is 0 Å². The standard InChI is InChI=1S/C17H16F4O3S2/c1-8-5-6-9(17(2,3)4)10(7-8)25-15-11(18)13(20)16(26(22,23)24)14(21)12(15)19/h5-7H,1-4H3,(H,22,23,24). The highest BCUT2D eigenvalue weighted by Crippen LogP contribution is 2.41. The summed E-state index contributed by atoms with van der Waals surface area (Å²) >= 11 is 0.450. The summed E-state index contributed by atoms with van der Waals surface area (Å²) in [4.78, 5) is -2.70. The van der Waals surface area contributed by atoms with Gasteiger partial charge in [0.1, 0.15) is 0 Å². The van der Waals surface area contributed by atoms with Crippen molar-refractivity contribution in [3.05, 3.63) is 52.6 Å². The third-order valence-corrected chi connectivity index (χ3v) is 5.59. The molecule has 1 N–H and O–H groups in total. The van der Waals surface area contributed by atoms with Gasteiger partial charge in [0, 0.05) is 4.90 Å². The Hall–Kier alpha value is -1.58. The lowest BCUT2D eigenvalue weighted by Crippen LogP contribution is -2.13. The summed E-state index contributed by atoms with van der Waals surface area (Å²) in [6.07, 6.45) is 0. The fourth-order valence-electron chi connectivity index (χ4n) is 2.35. The highest BCUT2D eigenvalue weighted by Gasteiger charge is 2.33. The fourth-order valence-corrected chi connectivity index (χ4v) is 4.29. The van der Waals surface area contributed by atoms with E-state index >= 15 is 0 Å². The number of aryl methyl sites for hydroxylation is 1.